The Morgan fingerprint density at radius 2 is 1.80 bits per heavy atom. The number of halogens is 1. The number of anilines is 1. The van der Waals surface area contributed by atoms with E-state index in [0.29, 0.717) is 30.1 Å². The number of aromatic nitrogens is 1. The first-order valence-electron chi connectivity index (χ1n) is 10.4. The molecular formula is C24H24FN3O2. The Balaban J connectivity index is 1.30. The molecule has 6 heteroatoms. The lowest BCUT2D eigenvalue weighted by Gasteiger charge is -2.37. The van der Waals surface area contributed by atoms with E-state index in [1.54, 1.807) is 24.3 Å². The van der Waals surface area contributed by atoms with Gasteiger partial charge in [-0.25, -0.2) is 4.39 Å². The first kappa shape index (κ1) is 18.9. The number of piperazine rings is 1. The molecule has 3 aromatic rings. The second-order valence-corrected chi connectivity index (χ2v) is 8.26. The Morgan fingerprint density at radius 3 is 2.50 bits per heavy atom. The fraction of sp³-hybridized carbons (Fsp3) is 0.333. The molecule has 30 heavy (non-hydrogen) atoms. The molecule has 0 radical (unpaired) electrons. The van der Waals surface area contributed by atoms with Gasteiger partial charge >= 0.3 is 0 Å². The molecule has 0 atom stereocenters. The Kier molecular flexibility index (Phi) is 4.57. The zero-order chi connectivity index (χ0) is 20.7. The van der Waals surface area contributed by atoms with Crippen molar-refractivity contribution in [3.63, 3.8) is 0 Å². The third-order valence-corrected chi connectivity index (χ3v) is 6.23. The van der Waals surface area contributed by atoms with E-state index < -0.39 is 5.41 Å². The maximum absolute atomic E-state index is 14.1. The summed E-state index contributed by atoms with van der Waals surface area (Å²) in [5.41, 5.74) is 2.81. The number of hydrogen-bond donors (Lipinski definition) is 0. The van der Waals surface area contributed by atoms with E-state index in [0.717, 1.165) is 25.9 Å². The molecule has 1 aliphatic heterocycles. The molecule has 2 aromatic carbocycles. The van der Waals surface area contributed by atoms with Gasteiger partial charge in [-0.05, 0) is 49.6 Å². The number of aryl methyl sites for hydroxylation is 1. The van der Waals surface area contributed by atoms with Crippen LogP contribution in [-0.2, 0) is 10.2 Å². The molecule has 0 spiro atoms. The van der Waals surface area contributed by atoms with Gasteiger partial charge in [-0.15, -0.1) is 0 Å². The summed E-state index contributed by atoms with van der Waals surface area (Å²) in [6.45, 7) is 5.09. The van der Waals surface area contributed by atoms with Crippen LogP contribution in [0.5, 0.6) is 0 Å². The minimum atomic E-state index is -0.613. The summed E-state index contributed by atoms with van der Waals surface area (Å²) in [6, 6.07) is 16.6. The molecule has 1 amide bonds. The van der Waals surface area contributed by atoms with Crippen molar-refractivity contribution in [1.82, 2.24) is 10.1 Å². The third kappa shape index (κ3) is 3.26. The van der Waals surface area contributed by atoms with Crippen LogP contribution in [-0.4, -0.2) is 42.1 Å². The molecule has 2 heterocycles. The van der Waals surface area contributed by atoms with Gasteiger partial charge in [-0.3, -0.25) is 4.79 Å². The largest absolute Gasteiger partial charge is 0.368 e. The van der Waals surface area contributed by atoms with Gasteiger partial charge in [0, 0.05) is 37.9 Å². The fourth-order valence-electron chi connectivity index (χ4n) is 4.29. The molecule has 0 bridgehead atoms. The highest BCUT2D eigenvalue weighted by Crippen LogP contribution is 2.50. The molecule has 0 N–H and O–H groups in total. The van der Waals surface area contributed by atoms with E-state index in [4.69, 9.17) is 4.52 Å². The zero-order valence-corrected chi connectivity index (χ0v) is 17.0. The quantitative estimate of drug-likeness (QED) is 0.654. The molecule has 5 rings (SSSR count). The predicted molar refractivity (Wildman–Crippen MR) is 113 cm³/mol. The zero-order valence-electron chi connectivity index (χ0n) is 17.0. The van der Waals surface area contributed by atoms with E-state index in [9.17, 15) is 9.18 Å². The predicted octanol–water partition coefficient (Wildman–Crippen LogP) is 4.17. The monoisotopic (exact) mass is 405 g/mol. The van der Waals surface area contributed by atoms with E-state index in [1.807, 2.05) is 4.90 Å². The van der Waals surface area contributed by atoms with Gasteiger partial charge in [-0.1, -0.05) is 29.4 Å². The Hall–Kier alpha value is -3.15. The van der Waals surface area contributed by atoms with E-state index in [1.165, 1.54) is 17.3 Å². The van der Waals surface area contributed by atoms with Crippen molar-refractivity contribution in [1.29, 1.82) is 0 Å². The SMILES string of the molecule is Cc1cccc(N2CCN(C(=O)C3(c4cc(-c5ccccc5F)on4)CC3)CC2)c1. The van der Waals surface area contributed by atoms with Crippen LogP contribution < -0.4 is 4.90 Å². The number of carbonyl (C=O) groups excluding carboxylic acids is 1. The summed E-state index contributed by atoms with van der Waals surface area (Å²) in [4.78, 5) is 17.6. The van der Waals surface area contributed by atoms with Crippen LogP contribution in [0.25, 0.3) is 11.3 Å². The van der Waals surface area contributed by atoms with Crippen LogP contribution in [0.1, 0.15) is 24.1 Å². The van der Waals surface area contributed by atoms with Crippen LogP contribution in [0.3, 0.4) is 0 Å². The number of hydrogen-bond acceptors (Lipinski definition) is 4. The van der Waals surface area contributed by atoms with Crippen LogP contribution in [0.4, 0.5) is 10.1 Å². The number of nitrogens with zero attached hydrogens (tertiary/aromatic N) is 3. The van der Waals surface area contributed by atoms with Crippen LogP contribution in [0.2, 0.25) is 0 Å². The first-order valence-corrected chi connectivity index (χ1v) is 10.4. The third-order valence-electron chi connectivity index (χ3n) is 6.23. The maximum Gasteiger partial charge on any atom is 0.235 e. The molecule has 1 aromatic heterocycles. The van der Waals surface area contributed by atoms with Gasteiger partial charge in [0.2, 0.25) is 5.91 Å². The Morgan fingerprint density at radius 1 is 1.03 bits per heavy atom. The number of carbonyl (C=O) groups is 1. The molecule has 0 unspecified atom stereocenters. The number of amides is 1. The second-order valence-electron chi connectivity index (χ2n) is 8.26. The summed E-state index contributed by atoms with van der Waals surface area (Å²) in [5.74, 6) is 0.120. The van der Waals surface area contributed by atoms with Crippen LogP contribution >= 0.6 is 0 Å². The smallest absolute Gasteiger partial charge is 0.235 e. The van der Waals surface area contributed by atoms with Crippen molar-refractivity contribution >= 4 is 11.6 Å². The normalized spacial score (nSPS) is 17.8. The van der Waals surface area contributed by atoms with Gasteiger partial charge in [0.05, 0.1) is 16.7 Å². The highest BCUT2D eigenvalue weighted by molar-refractivity contribution is 5.91. The lowest BCUT2D eigenvalue weighted by molar-refractivity contribution is -0.134. The molecular weight excluding hydrogens is 381 g/mol. The molecule has 2 aliphatic rings. The van der Waals surface area contributed by atoms with Crippen LogP contribution in [0, 0.1) is 12.7 Å². The topological polar surface area (TPSA) is 49.6 Å². The molecule has 5 nitrogen and oxygen atoms in total. The van der Waals surface area contributed by atoms with Gasteiger partial charge in [0.25, 0.3) is 0 Å². The van der Waals surface area contributed by atoms with Crippen molar-refractivity contribution in [2.45, 2.75) is 25.2 Å². The van der Waals surface area contributed by atoms with Crippen LogP contribution in [0.15, 0.2) is 59.1 Å². The lowest BCUT2D eigenvalue weighted by atomic mass is 9.99. The summed E-state index contributed by atoms with van der Waals surface area (Å²) < 4.78 is 19.5. The first-order chi connectivity index (χ1) is 14.6. The van der Waals surface area contributed by atoms with Crippen molar-refractivity contribution in [3.8, 4) is 11.3 Å². The second kappa shape index (κ2) is 7.27. The molecule has 1 aliphatic carbocycles. The number of benzene rings is 2. The minimum absolute atomic E-state index is 0.111. The summed E-state index contributed by atoms with van der Waals surface area (Å²) >= 11 is 0. The van der Waals surface area contributed by atoms with Crippen molar-refractivity contribution in [2.24, 2.45) is 0 Å². The van der Waals surface area contributed by atoms with E-state index in [-0.39, 0.29) is 11.7 Å². The highest BCUT2D eigenvalue weighted by Gasteiger charge is 2.55. The van der Waals surface area contributed by atoms with Crippen molar-refractivity contribution in [2.75, 3.05) is 31.1 Å². The van der Waals surface area contributed by atoms with Gasteiger partial charge < -0.3 is 14.3 Å². The van der Waals surface area contributed by atoms with Gasteiger partial charge in [0.1, 0.15) is 5.82 Å². The maximum atomic E-state index is 14.1. The lowest BCUT2D eigenvalue weighted by Crippen LogP contribution is -2.51. The molecule has 1 saturated carbocycles. The Bertz CT molecular complexity index is 1080. The minimum Gasteiger partial charge on any atom is -0.368 e. The molecule has 1 saturated heterocycles. The van der Waals surface area contributed by atoms with Crippen molar-refractivity contribution in [3.05, 3.63) is 71.7 Å². The Labute approximate surface area is 175 Å². The van der Waals surface area contributed by atoms with Gasteiger partial charge in [-0.2, -0.15) is 0 Å². The molecule has 2 fully saturated rings. The van der Waals surface area contributed by atoms with E-state index >= 15 is 0 Å². The summed E-state index contributed by atoms with van der Waals surface area (Å²) in [6.07, 6.45) is 1.51. The van der Waals surface area contributed by atoms with Crippen molar-refractivity contribution < 1.29 is 13.7 Å². The average Bonchev–Trinajstić information content (AvgIpc) is 3.43. The van der Waals surface area contributed by atoms with Gasteiger partial charge in [0.15, 0.2) is 5.76 Å². The fourth-order valence-corrected chi connectivity index (χ4v) is 4.29. The highest BCUT2D eigenvalue weighted by atomic mass is 19.1. The summed E-state index contributed by atoms with van der Waals surface area (Å²) in [5, 5.41) is 4.16. The standard InChI is InChI=1S/C24H24FN3O2/c1-17-5-4-6-18(15-17)27-11-13-28(14-12-27)23(29)24(9-10-24)22-16-21(30-26-22)19-7-2-3-8-20(19)25/h2-8,15-16H,9-14H2,1H3. The summed E-state index contributed by atoms with van der Waals surface area (Å²) in [7, 11) is 0. The molecule has 154 valence electrons. The number of rotatable bonds is 4. The van der Waals surface area contributed by atoms with E-state index in [2.05, 4.69) is 41.2 Å². The average molecular weight is 405 g/mol.